The van der Waals surface area contributed by atoms with Gasteiger partial charge in [0.15, 0.2) is 0 Å². The summed E-state index contributed by atoms with van der Waals surface area (Å²) in [6, 6.07) is 5.05. The molecular weight excluding hydrogens is 572 g/mol. The monoisotopic (exact) mass is 632 g/mol. The van der Waals surface area contributed by atoms with Crippen LogP contribution in [0.3, 0.4) is 0 Å². The Hall–Kier alpha value is -2.76. The highest BCUT2D eigenvalue weighted by Gasteiger charge is 2.61. The molecule has 6 heteroatoms. The fraction of sp³-hybridized carbons (Fsp3) is 0.700. The number of benzene rings is 1. The first-order valence-electron chi connectivity index (χ1n) is 18.1. The quantitative estimate of drug-likeness (QED) is 0.115. The predicted octanol–water partition coefficient (Wildman–Crippen LogP) is 9.04. The van der Waals surface area contributed by atoms with Gasteiger partial charge in [0, 0.05) is 28.9 Å². The average molecular weight is 633 g/mol. The van der Waals surface area contributed by atoms with Crippen LogP contribution in [0.2, 0.25) is 0 Å². The molecule has 1 aromatic rings. The average Bonchev–Trinajstić information content (AvgIpc) is 3.33. The van der Waals surface area contributed by atoms with Crippen LogP contribution in [0, 0.1) is 51.8 Å². The van der Waals surface area contributed by atoms with Gasteiger partial charge in [0.2, 0.25) is 0 Å². The number of fused-ring (bicyclic) bond motifs is 5. The second kappa shape index (κ2) is 13.4. The molecule has 3 fully saturated rings. The Morgan fingerprint density at radius 3 is 2.28 bits per heavy atom. The SMILES string of the molecule is CC(C)CCCC(C)C1CCC2C3CC=C4C(C)(C)C(OC(=O)/C=C\C(=O)OCc5cc(N)cc(N)c5)CCC4(C)C3CCC12C. The number of nitrogen functional groups attached to an aromatic ring is 2. The summed E-state index contributed by atoms with van der Waals surface area (Å²) in [5, 5.41) is 0. The third-order valence-electron chi connectivity index (χ3n) is 13.1. The van der Waals surface area contributed by atoms with Gasteiger partial charge in [-0.3, -0.25) is 0 Å². The van der Waals surface area contributed by atoms with Gasteiger partial charge in [-0.05, 0) is 115 Å². The second-order valence-electron chi connectivity index (χ2n) is 16.8. The number of esters is 2. The topological polar surface area (TPSA) is 105 Å². The van der Waals surface area contributed by atoms with Crippen molar-refractivity contribution in [3.05, 3.63) is 47.6 Å². The maximum atomic E-state index is 12.9. The first-order valence-corrected chi connectivity index (χ1v) is 18.1. The Labute approximate surface area is 278 Å². The number of ether oxygens (including phenoxy) is 2. The van der Waals surface area contributed by atoms with Crippen LogP contribution in [0.15, 0.2) is 42.0 Å². The summed E-state index contributed by atoms with van der Waals surface area (Å²) < 4.78 is 11.3. The van der Waals surface area contributed by atoms with Crippen molar-refractivity contribution >= 4 is 23.3 Å². The van der Waals surface area contributed by atoms with Crippen LogP contribution in [0.4, 0.5) is 11.4 Å². The van der Waals surface area contributed by atoms with Gasteiger partial charge < -0.3 is 20.9 Å². The third kappa shape index (κ3) is 6.78. The molecule has 4 aliphatic carbocycles. The highest BCUT2D eigenvalue weighted by Crippen LogP contribution is 2.69. The molecule has 0 radical (unpaired) electrons. The van der Waals surface area contributed by atoms with Gasteiger partial charge in [-0.1, -0.05) is 79.4 Å². The molecule has 0 aliphatic heterocycles. The first kappa shape index (κ1) is 34.6. The van der Waals surface area contributed by atoms with Gasteiger partial charge in [-0.25, -0.2) is 9.59 Å². The number of nitrogens with two attached hydrogens (primary N) is 2. The largest absolute Gasteiger partial charge is 0.458 e. The molecule has 46 heavy (non-hydrogen) atoms. The number of hydrogen-bond donors (Lipinski definition) is 2. The molecule has 4 aliphatic rings. The Morgan fingerprint density at radius 2 is 1.59 bits per heavy atom. The minimum atomic E-state index is -0.613. The molecule has 4 N–H and O–H groups in total. The lowest BCUT2D eigenvalue weighted by atomic mass is 9.44. The first-order chi connectivity index (χ1) is 21.6. The summed E-state index contributed by atoms with van der Waals surface area (Å²) in [5.74, 6) is 3.63. The summed E-state index contributed by atoms with van der Waals surface area (Å²) in [6.07, 6.45) is 17.2. The maximum absolute atomic E-state index is 12.9. The van der Waals surface area contributed by atoms with E-state index < -0.39 is 11.9 Å². The number of rotatable bonds is 10. The zero-order valence-electron chi connectivity index (χ0n) is 29.6. The van der Waals surface area contributed by atoms with E-state index in [1.54, 1.807) is 18.2 Å². The van der Waals surface area contributed by atoms with Gasteiger partial charge in [0.25, 0.3) is 0 Å². The van der Waals surface area contributed by atoms with Crippen LogP contribution in [0.25, 0.3) is 0 Å². The molecule has 254 valence electrons. The van der Waals surface area contributed by atoms with E-state index in [4.69, 9.17) is 20.9 Å². The maximum Gasteiger partial charge on any atom is 0.331 e. The Balaban J connectivity index is 1.21. The summed E-state index contributed by atoms with van der Waals surface area (Å²) in [4.78, 5) is 25.2. The van der Waals surface area contributed by atoms with E-state index in [-0.39, 0.29) is 23.5 Å². The van der Waals surface area contributed by atoms with Crippen LogP contribution in [-0.4, -0.2) is 18.0 Å². The van der Waals surface area contributed by atoms with Gasteiger partial charge in [-0.15, -0.1) is 0 Å². The molecule has 0 bridgehead atoms. The van der Waals surface area contributed by atoms with Crippen molar-refractivity contribution in [3.63, 3.8) is 0 Å². The molecule has 5 rings (SSSR count). The van der Waals surface area contributed by atoms with E-state index in [1.165, 1.54) is 56.6 Å². The number of carbonyl (C=O) groups excluding carboxylic acids is 2. The van der Waals surface area contributed by atoms with Gasteiger partial charge >= 0.3 is 11.9 Å². The lowest BCUT2D eigenvalue weighted by molar-refractivity contribution is -0.154. The molecule has 3 saturated carbocycles. The molecule has 1 aromatic carbocycles. The molecule has 0 spiro atoms. The molecule has 8 unspecified atom stereocenters. The van der Waals surface area contributed by atoms with Crippen molar-refractivity contribution in [1.29, 1.82) is 0 Å². The zero-order valence-corrected chi connectivity index (χ0v) is 29.6. The van der Waals surface area contributed by atoms with E-state index >= 15 is 0 Å². The molecule has 6 nitrogen and oxygen atoms in total. The van der Waals surface area contributed by atoms with Crippen molar-refractivity contribution in [1.82, 2.24) is 0 Å². The second-order valence-corrected chi connectivity index (χ2v) is 16.8. The summed E-state index contributed by atoms with van der Waals surface area (Å²) in [6.45, 7) is 16.9. The predicted molar refractivity (Wildman–Crippen MR) is 186 cm³/mol. The fourth-order valence-corrected chi connectivity index (χ4v) is 11.0. The molecule has 0 amide bonds. The van der Waals surface area contributed by atoms with Crippen molar-refractivity contribution in [2.75, 3.05) is 11.5 Å². The number of allylic oxidation sites excluding steroid dienone is 1. The number of hydrogen-bond acceptors (Lipinski definition) is 6. The lowest BCUT2D eigenvalue weighted by Crippen LogP contribution is -2.55. The van der Waals surface area contributed by atoms with Crippen LogP contribution in [0.5, 0.6) is 0 Å². The van der Waals surface area contributed by atoms with Crippen molar-refractivity contribution in [2.45, 2.75) is 125 Å². The molecule has 8 atom stereocenters. The Bertz CT molecular complexity index is 1330. The third-order valence-corrected chi connectivity index (χ3v) is 13.1. The van der Waals surface area contributed by atoms with Crippen LogP contribution in [-0.2, 0) is 25.7 Å². The van der Waals surface area contributed by atoms with Gasteiger partial charge in [0.1, 0.15) is 12.7 Å². The van der Waals surface area contributed by atoms with Crippen molar-refractivity contribution in [2.24, 2.45) is 51.8 Å². The van der Waals surface area contributed by atoms with Crippen LogP contribution < -0.4 is 11.5 Å². The molecular formula is C40H60N2O4. The zero-order chi connectivity index (χ0) is 33.4. The molecule has 0 saturated heterocycles. The van der Waals surface area contributed by atoms with E-state index in [0.717, 1.165) is 54.9 Å². The number of anilines is 2. The highest BCUT2D eigenvalue weighted by molar-refractivity contribution is 5.91. The van der Waals surface area contributed by atoms with Gasteiger partial charge in [-0.2, -0.15) is 0 Å². The minimum absolute atomic E-state index is 0.0238. The number of carbonyl (C=O) groups is 2. The minimum Gasteiger partial charge on any atom is -0.458 e. The summed E-state index contributed by atoms with van der Waals surface area (Å²) in [7, 11) is 0. The van der Waals surface area contributed by atoms with E-state index in [0.29, 0.717) is 28.3 Å². The Kier molecular flexibility index (Phi) is 10.1. The highest BCUT2D eigenvalue weighted by atomic mass is 16.5. The normalized spacial score (nSPS) is 33.9. The van der Waals surface area contributed by atoms with Gasteiger partial charge in [0.05, 0.1) is 0 Å². The lowest BCUT2D eigenvalue weighted by Gasteiger charge is -2.61. The van der Waals surface area contributed by atoms with Crippen molar-refractivity contribution < 1.29 is 19.1 Å². The van der Waals surface area contributed by atoms with E-state index in [2.05, 4.69) is 54.5 Å². The standard InChI is InChI=1S/C40H60N2O4/c1-25(2)9-8-10-26(3)31-12-13-32-30-11-14-34-38(4,5)35(18-20-40(34,7)33(30)17-19-39(31,32)6)46-37(44)16-15-36(43)45-24-27-21-28(41)23-29(42)22-27/h14-16,21-23,25-26,30-33,35H,8-13,17-20,24,41-42H2,1-7H3/b16-15-. The van der Waals surface area contributed by atoms with Crippen LogP contribution >= 0.6 is 0 Å². The summed E-state index contributed by atoms with van der Waals surface area (Å²) >= 11 is 0. The smallest absolute Gasteiger partial charge is 0.331 e. The summed E-state index contributed by atoms with van der Waals surface area (Å²) in [5.41, 5.74) is 15.2. The van der Waals surface area contributed by atoms with Crippen molar-refractivity contribution in [3.8, 4) is 0 Å². The Morgan fingerprint density at radius 1 is 0.891 bits per heavy atom. The fourth-order valence-electron chi connectivity index (χ4n) is 11.0. The molecule has 0 heterocycles. The molecule has 0 aromatic heterocycles. The van der Waals surface area contributed by atoms with E-state index in [1.807, 2.05) is 0 Å². The van der Waals surface area contributed by atoms with Crippen LogP contribution in [0.1, 0.15) is 118 Å². The van der Waals surface area contributed by atoms with E-state index in [9.17, 15) is 9.59 Å².